The molecule has 4 aromatic rings. The van der Waals surface area contributed by atoms with Crippen LogP contribution in [0.25, 0.3) is 11.0 Å². The molecule has 184 valence electrons. The van der Waals surface area contributed by atoms with E-state index in [0.717, 1.165) is 20.2 Å². The van der Waals surface area contributed by atoms with Gasteiger partial charge in [0.05, 0.1) is 17.6 Å². The lowest BCUT2D eigenvalue weighted by molar-refractivity contribution is -0.129. The Balaban J connectivity index is 1.48. The molecule has 36 heavy (non-hydrogen) atoms. The van der Waals surface area contributed by atoms with E-state index in [1.165, 1.54) is 17.0 Å². The lowest BCUT2D eigenvalue weighted by atomic mass is 10.0. The summed E-state index contributed by atoms with van der Waals surface area (Å²) in [5.74, 6) is 0.238. The zero-order valence-corrected chi connectivity index (χ0v) is 21.1. The highest BCUT2D eigenvalue weighted by Crippen LogP contribution is 2.33. The number of imide groups is 1. The van der Waals surface area contributed by atoms with Gasteiger partial charge in [0, 0.05) is 9.99 Å². The van der Waals surface area contributed by atoms with E-state index in [4.69, 9.17) is 9.84 Å². The first kappa shape index (κ1) is 24.2. The molecule has 0 unspecified atom stereocenters. The van der Waals surface area contributed by atoms with Crippen LogP contribution in [-0.4, -0.2) is 45.1 Å². The van der Waals surface area contributed by atoms with Crippen molar-refractivity contribution in [2.24, 2.45) is 0 Å². The first-order chi connectivity index (χ1) is 17.4. The zero-order chi connectivity index (χ0) is 25.2. The first-order valence-corrected chi connectivity index (χ1v) is 12.4. The second-order valence-electron chi connectivity index (χ2n) is 8.36. The van der Waals surface area contributed by atoms with Crippen LogP contribution >= 0.6 is 22.6 Å². The number of hydrogen-bond donors (Lipinski definition) is 3. The molecule has 0 radical (unpaired) electrons. The molecule has 10 heteroatoms. The Bertz CT molecular complexity index is 1410. The zero-order valence-electron chi connectivity index (χ0n) is 18.9. The summed E-state index contributed by atoms with van der Waals surface area (Å²) >= 11 is 2.21. The number of carbonyl (C=O) groups excluding carboxylic acids is 2. The van der Waals surface area contributed by atoms with E-state index in [1.807, 2.05) is 18.2 Å². The quantitative estimate of drug-likeness (QED) is 0.207. The second kappa shape index (κ2) is 10.2. The van der Waals surface area contributed by atoms with Crippen molar-refractivity contribution in [3.8, 4) is 5.75 Å². The Kier molecular flexibility index (Phi) is 6.88. The first-order valence-electron chi connectivity index (χ1n) is 11.3. The number of nitrogens with one attached hydrogen (secondary N) is 2. The molecule has 3 aromatic carbocycles. The van der Waals surface area contributed by atoms with Gasteiger partial charge in [0.15, 0.2) is 0 Å². The number of fused-ring (bicyclic) bond motifs is 1. The summed E-state index contributed by atoms with van der Waals surface area (Å²) in [4.78, 5) is 35.9. The number of rotatable bonds is 8. The van der Waals surface area contributed by atoms with E-state index in [0.29, 0.717) is 17.1 Å². The Hall–Kier alpha value is -3.51. The number of ether oxygens (including phenoxy) is 1. The number of aromatic nitrogens is 2. The van der Waals surface area contributed by atoms with Crippen molar-refractivity contribution >= 4 is 45.6 Å². The summed E-state index contributed by atoms with van der Waals surface area (Å²) in [5, 5.41) is 11.7. The fraction of sp³-hybridized carbons (Fsp3) is 0.192. The SMILES string of the molecule is O=C1N[C@@H](c2ccc(OCCO)cc2)C(=O)N1[C@H](Cc1ccc(F)cc1)c1nc2ccc(I)cc2[nH]1. The van der Waals surface area contributed by atoms with E-state index < -0.39 is 24.0 Å². The van der Waals surface area contributed by atoms with Crippen LogP contribution in [0.4, 0.5) is 9.18 Å². The summed E-state index contributed by atoms with van der Waals surface area (Å²) in [6.07, 6.45) is 0.261. The molecule has 0 aliphatic carbocycles. The standard InChI is InChI=1S/C26H22FIN4O4/c27-17-5-1-15(2-6-17)13-22(24-29-20-10-7-18(28)14-21(20)30-24)32-25(34)23(31-26(32)35)16-3-8-19(9-4-16)36-12-11-33/h1-10,14,22-23,33H,11-13H2,(H,29,30)(H,31,35)/t22-,23+/m1/s1. The number of imidazole rings is 1. The van der Waals surface area contributed by atoms with Gasteiger partial charge in [0.2, 0.25) is 0 Å². The summed E-state index contributed by atoms with van der Waals surface area (Å²) in [5.41, 5.74) is 2.87. The van der Waals surface area contributed by atoms with Crippen molar-refractivity contribution < 1.29 is 23.8 Å². The average Bonchev–Trinajstić information content (AvgIpc) is 3.42. The third-order valence-corrected chi connectivity index (χ3v) is 6.65. The highest BCUT2D eigenvalue weighted by atomic mass is 127. The number of amides is 3. The van der Waals surface area contributed by atoms with E-state index in [-0.39, 0.29) is 25.5 Å². The third-order valence-electron chi connectivity index (χ3n) is 5.98. The molecule has 8 nitrogen and oxygen atoms in total. The summed E-state index contributed by atoms with van der Waals surface area (Å²) in [6, 6.07) is 16.4. The molecule has 3 N–H and O–H groups in total. The number of hydrogen-bond acceptors (Lipinski definition) is 5. The van der Waals surface area contributed by atoms with Gasteiger partial charge in [-0.15, -0.1) is 0 Å². The van der Waals surface area contributed by atoms with Crippen LogP contribution in [0.2, 0.25) is 0 Å². The number of H-pyrrole nitrogens is 1. The van der Waals surface area contributed by atoms with Crippen molar-refractivity contribution in [3.63, 3.8) is 0 Å². The number of halogens is 2. The van der Waals surface area contributed by atoms with Crippen LogP contribution in [-0.2, 0) is 11.2 Å². The highest BCUT2D eigenvalue weighted by molar-refractivity contribution is 14.1. The van der Waals surface area contributed by atoms with E-state index in [2.05, 4.69) is 37.9 Å². The Morgan fingerprint density at radius 2 is 1.83 bits per heavy atom. The predicted octanol–water partition coefficient (Wildman–Crippen LogP) is 4.25. The summed E-state index contributed by atoms with van der Waals surface area (Å²) in [6.45, 7) is 0.0537. The number of nitrogens with zero attached hydrogens (tertiary/aromatic N) is 2. The maximum Gasteiger partial charge on any atom is 0.325 e. The van der Waals surface area contributed by atoms with Crippen LogP contribution in [0.5, 0.6) is 5.75 Å². The number of benzene rings is 3. The van der Waals surface area contributed by atoms with Gasteiger partial charge in [-0.2, -0.15) is 0 Å². The van der Waals surface area contributed by atoms with Crippen LogP contribution in [0.3, 0.4) is 0 Å². The molecular formula is C26H22FIN4O4. The molecule has 5 rings (SSSR count). The maximum absolute atomic E-state index is 13.6. The van der Waals surface area contributed by atoms with E-state index in [9.17, 15) is 14.0 Å². The molecule has 2 atom stereocenters. The molecule has 1 saturated heterocycles. The Morgan fingerprint density at radius 1 is 1.08 bits per heavy atom. The Morgan fingerprint density at radius 3 is 2.56 bits per heavy atom. The number of aliphatic hydroxyl groups is 1. The minimum atomic E-state index is -0.870. The predicted molar refractivity (Wildman–Crippen MR) is 139 cm³/mol. The van der Waals surface area contributed by atoms with Gasteiger partial charge in [-0.3, -0.25) is 9.69 Å². The van der Waals surface area contributed by atoms with Gasteiger partial charge in [-0.05, 0) is 76.2 Å². The number of aliphatic hydroxyl groups excluding tert-OH is 1. The summed E-state index contributed by atoms with van der Waals surface area (Å²) < 4.78 is 19.9. The van der Waals surface area contributed by atoms with Crippen LogP contribution in [0.15, 0.2) is 66.7 Å². The molecule has 0 bridgehead atoms. The normalized spacial score (nSPS) is 16.4. The minimum absolute atomic E-state index is 0.107. The topological polar surface area (TPSA) is 108 Å². The molecule has 0 spiro atoms. The Labute approximate surface area is 219 Å². The molecule has 1 aliphatic heterocycles. The largest absolute Gasteiger partial charge is 0.491 e. The van der Waals surface area contributed by atoms with Gasteiger partial charge in [0.1, 0.15) is 36.1 Å². The number of urea groups is 1. The maximum atomic E-state index is 13.6. The number of aromatic amines is 1. The van der Waals surface area contributed by atoms with Gasteiger partial charge < -0.3 is 20.1 Å². The smallest absolute Gasteiger partial charge is 0.325 e. The molecule has 0 saturated carbocycles. The lowest BCUT2D eigenvalue weighted by Crippen LogP contribution is -2.36. The highest BCUT2D eigenvalue weighted by Gasteiger charge is 2.44. The molecule has 1 aromatic heterocycles. The third kappa shape index (κ3) is 4.91. The van der Waals surface area contributed by atoms with Gasteiger partial charge in [0.25, 0.3) is 5.91 Å². The van der Waals surface area contributed by atoms with E-state index >= 15 is 0 Å². The van der Waals surface area contributed by atoms with Crippen molar-refractivity contribution in [2.45, 2.75) is 18.5 Å². The lowest BCUT2D eigenvalue weighted by Gasteiger charge is -2.24. The molecule has 3 amide bonds. The molecular weight excluding hydrogens is 578 g/mol. The van der Waals surface area contributed by atoms with Crippen molar-refractivity contribution in [1.82, 2.24) is 20.2 Å². The molecule has 1 fully saturated rings. The van der Waals surface area contributed by atoms with Crippen LogP contribution in [0.1, 0.15) is 29.0 Å². The van der Waals surface area contributed by atoms with Gasteiger partial charge >= 0.3 is 6.03 Å². The van der Waals surface area contributed by atoms with Gasteiger partial charge in [-0.1, -0.05) is 24.3 Å². The summed E-state index contributed by atoms with van der Waals surface area (Å²) in [7, 11) is 0. The van der Waals surface area contributed by atoms with Crippen LogP contribution in [0, 0.1) is 9.39 Å². The fourth-order valence-corrected chi connectivity index (χ4v) is 4.74. The second-order valence-corrected chi connectivity index (χ2v) is 9.61. The molecule has 1 aliphatic rings. The van der Waals surface area contributed by atoms with Crippen molar-refractivity contribution in [3.05, 3.63) is 93.1 Å². The monoisotopic (exact) mass is 600 g/mol. The average molecular weight is 600 g/mol. The van der Waals surface area contributed by atoms with E-state index in [1.54, 1.807) is 36.4 Å². The van der Waals surface area contributed by atoms with Gasteiger partial charge in [-0.25, -0.2) is 14.2 Å². The van der Waals surface area contributed by atoms with Crippen molar-refractivity contribution in [1.29, 1.82) is 0 Å². The fourth-order valence-electron chi connectivity index (χ4n) is 4.25. The number of carbonyl (C=O) groups is 2. The molecule has 2 heterocycles. The minimum Gasteiger partial charge on any atom is -0.491 e. The van der Waals surface area contributed by atoms with Crippen molar-refractivity contribution in [2.75, 3.05) is 13.2 Å². The van der Waals surface area contributed by atoms with Crippen LogP contribution < -0.4 is 10.1 Å².